The fraction of sp³-hybridized carbons (Fsp3) is 0.312. The largest absolute Gasteiger partial charge is 0.478 e. The number of halogens is 1. The van der Waals surface area contributed by atoms with Crippen LogP contribution in [0.5, 0.6) is 0 Å². The lowest BCUT2D eigenvalue weighted by atomic mass is 10.0. The number of hydrogen-bond acceptors (Lipinski definition) is 7. The Morgan fingerprint density at radius 1 is 1.07 bits per heavy atom. The van der Waals surface area contributed by atoms with Crippen molar-refractivity contribution in [2.24, 2.45) is 0 Å². The number of carboxylic acid groups (broad SMARTS) is 1. The lowest BCUT2D eigenvalue weighted by Crippen LogP contribution is -2.22. The van der Waals surface area contributed by atoms with E-state index < -0.39 is 5.97 Å². The van der Waals surface area contributed by atoms with Crippen molar-refractivity contribution in [3.63, 3.8) is 0 Å². The first-order valence-electron chi connectivity index (χ1n) is 13.8. The highest BCUT2D eigenvalue weighted by atomic mass is 32.2. The molecule has 3 aromatic carbocycles. The Labute approximate surface area is 247 Å². The molecular formula is C32H33FN2O6S. The fourth-order valence-corrected chi connectivity index (χ4v) is 5.57. The molecule has 1 aliphatic rings. The first-order valence-corrected chi connectivity index (χ1v) is 15.0. The van der Waals surface area contributed by atoms with E-state index in [1.807, 2.05) is 12.3 Å². The van der Waals surface area contributed by atoms with Crippen LogP contribution < -0.4 is 9.62 Å². The van der Waals surface area contributed by atoms with Crippen LogP contribution in [0.15, 0.2) is 65.1 Å². The van der Waals surface area contributed by atoms with Crippen molar-refractivity contribution in [2.45, 2.75) is 25.4 Å². The summed E-state index contributed by atoms with van der Waals surface area (Å²) in [4.78, 5) is 24.3. The summed E-state index contributed by atoms with van der Waals surface area (Å²) in [6.07, 6.45) is 4.17. The van der Waals surface area contributed by atoms with E-state index in [9.17, 15) is 19.1 Å². The average molecular weight is 593 g/mol. The van der Waals surface area contributed by atoms with Gasteiger partial charge in [0.15, 0.2) is 0 Å². The van der Waals surface area contributed by atoms with Gasteiger partial charge in [-0.25, -0.2) is 9.18 Å². The molecule has 0 radical (unpaired) electrons. The fourth-order valence-electron chi connectivity index (χ4n) is 4.96. The minimum Gasteiger partial charge on any atom is -0.478 e. The van der Waals surface area contributed by atoms with Crippen LogP contribution >= 0.6 is 11.9 Å². The molecular weight excluding hydrogens is 559 g/mol. The number of fused-ring (bicyclic) bond motifs is 1. The van der Waals surface area contributed by atoms with Crippen molar-refractivity contribution in [2.75, 3.05) is 44.0 Å². The average Bonchev–Trinajstić information content (AvgIpc) is 3.78. The van der Waals surface area contributed by atoms with Gasteiger partial charge < -0.3 is 28.6 Å². The first-order chi connectivity index (χ1) is 20.4. The zero-order chi connectivity index (χ0) is 29.6. The van der Waals surface area contributed by atoms with Crippen molar-refractivity contribution in [3.8, 4) is 11.3 Å². The molecule has 4 aromatic rings. The summed E-state index contributed by atoms with van der Waals surface area (Å²) in [5.41, 5.74) is 4.70. The van der Waals surface area contributed by atoms with Crippen LogP contribution in [0.25, 0.3) is 22.3 Å². The van der Waals surface area contributed by atoms with E-state index in [0.29, 0.717) is 60.3 Å². The lowest BCUT2D eigenvalue weighted by molar-refractivity contribution is 0.0428. The van der Waals surface area contributed by atoms with Gasteiger partial charge in [-0.15, -0.1) is 0 Å². The van der Waals surface area contributed by atoms with Crippen LogP contribution in [-0.2, 0) is 16.1 Å². The Morgan fingerprint density at radius 3 is 2.50 bits per heavy atom. The van der Waals surface area contributed by atoms with Gasteiger partial charge in [0.25, 0.3) is 5.91 Å². The number of hydrogen-bond donors (Lipinski definition) is 2. The number of carbonyl (C=O) groups excluding carboxylic acids is 1. The van der Waals surface area contributed by atoms with Gasteiger partial charge in [0.05, 0.1) is 49.8 Å². The van der Waals surface area contributed by atoms with E-state index in [1.54, 1.807) is 55.4 Å². The van der Waals surface area contributed by atoms with Gasteiger partial charge in [0, 0.05) is 30.3 Å². The number of carbonyl (C=O) groups is 2. The molecule has 1 heterocycles. The molecule has 0 saturated heterocycles. The van der Waals surface area contributed by atoms with Gasteiger partial charge in [0.2, 0.25) is 0 Å². The third-order valence-electron chi connectivity index (χ3n) is 7.22. The zero-order valence-corrected chi connectivity index (χ0v) is 24.3. The summed E-state index contributed by atoms with van der Waals surface area (Å²) < 4.78 is 33.5. The molecule has 1 amide bonds. The molecule has 0 unspecified atom stereocenters. The van der Waals surface area contributed by atoms with Crippen molar-refractivity contribution >= 4 is 40.5 Å². The third kappa shape index (κ3) is 6.61. The van der Waals surface area contributed by atoms with E-state index in [0.717, 1.165) is 29.5 Å². The quantitative estimate of drug-likeness (QED) is 0.127. The lowest BCUT2D eigenvalue weighted by Gasteiger charge is -2.24. The normalized spacial score (nSPS) is 12.9. The molecule has 1 saturated carbocycles. The number of rotatable bonds is 14. The van der Waals surface area contributed by atoms with Crippen molar-refractivity contribution in [1.29, 1.82) is 0 Å². The third-order valence-corrected chi connectivity index (χ3v) is 8.04. The van der Waals surface area contributed by atoms with Crippen LogP contribution in [0.3, 0.4) is 0 Å². The minimum absolute atomic E-state index is 0.203. The van der Waals surface area contributed by atoms with Gasteiger partial charge in [-0.2, -0.15) is 0 Å². The molecule has 5 rings (SSSR count). The van der Waals surface area contributed by atoms with E-state index >= 15 is 0 Å². The molecule has 10 heteroatoms. The molecule has 1 aliphatic carbocycles. The topological polar surface area (TPSA) is 101 Å². The number of carboxylic acids is 1. The van der Waals surface area contributed by atoms with Crippen molar-refractivity contribution in [3.05, 3.63) is 88.7 Å². The van der Waals surface area contributed by atoms with Crippen molar-refractivity contribution < 1.29 is 33.0 Å². The van der Waals surface area contributed by atoms with Crippen LogP contribution in [-0.4, -0.2) is 56.7 Å². The van der Waals surface area contributed by atoms with Gasteiger partial charge in [-0.3, -0.25) is 4.79 Å². The summed E-state index contributed by atoms with van der Waals surface area (Å²) in [6.45, 7) is 1.99. The Bertz CT molecular complexity index is 1570. The SMILES string of the molecule is CNC(=O)c1c(-c2ccc(F)cc2)oc2cc(N(CCOCCOCc3ccccc3C(=O)O)SC)c(C3CC3)cc12. The Balaban J connectivity index is 1.28. The molecule has 0 spiro atoms. The maximum atomic E-state index is 13.6. The summed E-state index contributed by atoms with van der Waals surface area (Å²) in [5, 5.41) is 12.8. The van der Waals surface area contributed by atoms with Gasteiger partial charge in [-0.1, -0.05) is 30.1 Å². The summed E-state index contributed by atoms with van der Waals surface area (Å²) in [7, 11) is 1.58. The molecule has 220 valence electrons. The predicted octanol–water partition coefficient (Wildman–Crippen LogP) is 6.49. The first kappa shape index (κ1) is 29.6. The summed E-state index contributed by atoms with van der Waals surface area (Å²) in [6, 6.07) is 16.8. The second-order valence-corrected chi connectivity index (χ2v) is 10.8. The highest BCUT2D eigenvalue weighted by molar-refractivity contribution is 7.99. The molecule has 1 aromatic heterocycles. The molecule has 8 nitrogen and oxygen atoms in total. The Morgan fingerprint density at radius 2 is 1.81 bits per heavy atom. The van der Waals surface area contributed by atoms with Gasteiger partial charge in [-0.05, 0) is 66.3 Å². The maximum absolute atomic E-state index is 13.6. The number of anilines is 1. The number of ether oxygens (including phenoxy) is 2. The molecule has 0 aliphatic heterocycles. The zero-order valence-electron chi connectivity index (χ0n) is 23.5. The second-order valence-electron chi connectivity index (χ2n) is 9.99. The number of furan rings is 1. The molecule has 0 atom stereocenters. The van der Waals surface area contributed by atoms with E-state index in [1.165, 1.54) is 12.1 Å². The van der Waals surface area contributed by atoms with Crippen LogP contribution in [0.2, 0.25) is 0 Å². The minimum atomic E-state index is -0.975. The van der Waals surface area contributed by atoms with Crippen LogP contribution in [0, 0.1) is 5.82 Å². The van der Waals surface area contributed by atoms with E-state index in [2.05, 4.69) is 15.7 Å². The molecule has 42 heavy (non-hydrogen) atoms. The van der Waals surface area contributed by atoms with E-state index in [-0.39, 0.29) is 23.9 Å². The number of nitrogens with zero attached hydrogens (tertiary/aromatic N) is 1. The number of nitrogens with one attached hydrogen (secondary N) is 1. The second kappa shape index (κ2) is 13.4. The highest BCUT2D eigenvalue weighted by Gasteiger charge is 2.31. The standard InChI is InChI=1S/C32H33FN2O6S/c1-34-31(36)29-26-17-25(20-7-8-20)27(18-28(26)41-30(29)21-9-11-23(33)12-10-21)35(42-2)13-14-39-15-16-40-19-22-5-3-4-6-24(22)32(37)38/h3-6,9-12,17-18,20H,7-8,13-16,19H2,1-2H3,(H,34,36)(H,37,38). The van der Waals surface area contributed by atoms with Crippen molar-refractivity contribution in [1.82, 2.24) is 5.32 Å². The number of benzene rings is 3. The maximum Gasteiger partial charge on any atom is 0.336 e. The van der Waals surface area contributed by atoms with Crippen LogP contribution in [0.1, 0.15) is 50.6 Å². The summed E-state index contributed by atoms with van der Waals surface area (Å²) >= 11 is 1.58. The molecule has 2 N–H and O–H groups in total. The summed E-state index contributed by atoms with van der Waals surface area (Å²) in [5.74, 6) is -0.775. The monoisotopic (exact) mass is 592 g/mol. The Hall–Kier alpha value is -3.86. The Kier molecular flexibility index (Phi) is 9.46. The molecule has 1 fully saturated rings. The van der Waals surface area contributed by atoms with Gasteiger partial charge >= 0.3 is 5.97 Å². The smallest absolute Gasteiger partial charge is 0.336 e. The van der Waals surface area contributed by atoms with Gasteiger partial charge in [0.1, 0.15) is 17.2 Å². The van der Waals surface area contributed by atoms with E-state index in [4.69, 9.17) is 13.9 Å². The molecule has 0 bridgehead atoms. The number of aromatic carboxylic acids is 1. The highest BCUT2D eigenvalue weighted by Crippen LogP contribution is 2.48. The van der Waals surface area contributed by atoms with Crippen LogP contribution in [0.4, 0.5) is 10.1 Å². The predicted molar refractivity (Wildman–Crippen MR) is 162 cm³/mol. The number of amides is 1.